The van der Waals surface area contributed by atoms with Crippen molar-refractivity contribution in [3.8, 4) is 5.75 Å². The number of ether oxygens (including phenoxy) is 2. The molecule has 0 radical (unpaired) electrons. The normalized spacial score (nSPS) is 21.6. The summed E-state index contributed by atoms with van der Waals surface area (Å²) in [4.78, 5) is 10.6. The Labute approximate surface area is 100 Å². The summed E-state index contributed by atoms with van der Waals surface area (Å²) in [5, 5.41) is 9.61. The smallest absolute Gasteiger partial charge is 0.151 e. The fourth-order valence-corrected chi connectivity index (χ4v) is 1.51. The van der Waals surface area contributed by atoms with Crippen molar-refractivity contribution < 1.29 is 19.4 Å². The lowest BCUT2D eigenvalue weighted by Gasteiger charge is -2.15. The second kappa shape index (κ2) is 4.85. The van der Waals surface area contributed by atoms with Crippen LogP contribution in [0.4, 0.5) is 0 Å². The van der Waals surface area contributed by atoms with Crippen LogP contribution in [0.5, 0.6) is 5.75 Å². The highest BCUT2D eigenvalue weighted by Crippen LogP contribution is 2.18. The number of carbonyl (C=O) groups excluding carboxylic acids is 1. The third-order valence-electron chi connectivity index (χ3n) is 2.58. The number of carbonyl (C=O) groups is 1. The number of hydrogen-bond donors (Lipinski definition) is 1. The quantitative estimate of drug-likeness (QED) is 0.590. The van der Waals surface area contributed by atoms with Gasteiger partial charge in [0.2, 0.25) is 0 Å². The Hall–Kier alpha value is -1.39. The summed E-state index contributed by atoms with van der Waals surface area (Å²) in [5.74, 6) is 0.773. The molecule has 2 unspecified atom stereocenters. The van der Waals surface area contributed by atoms with Crippen molar-refractivity contribution >= 4 is 6.29 Å². The molecule has 2 rings (SSSR count). The molecule has 1 aliphatic heterocycles. The first-order valence-corrected chi connectivity index (χ1v) is 5.61. The van der Waals surface area contributed by atoms with E-state index >= 15 is 0 Å². The number of aldehydes is 1. The summed E-state index contributed by atoms with van der Waals surface area (Å²) in [6.45, 7) is 2.85. The molecule has 17 heavy (non-hydrogen) atoms. The summed E-state index contributed by atoms with van der Waals surface area (Å²) in [6, 6.07) is 7.36. The highest BCUT2D eigenvalue weighted by atomic mass is 16.6. The monoisotopic (exact) mass is 236 g/mol. The van der Waals surface area contributed by atoms with Gasteiger partial charge < -0.3 is 19.4 Å². The first kappa shape index (κ1) is 12.1. The average Bonchev–Trinajstić information content (AvgIpc) is 3.12. The Balaban J connectivity index is 1.89. The highest BCUT2D eigenvalue weighted by Gasteiger charge is 2.23. The lowest BCUT2D eigenvalue weighted by atomic mass is 9.98. The Kier molecular flexibility index (Phi) is 3.45. The van der Waals surface area contributed by atoms with Crippen LogP contribution >= 0.6 is 0 Å². The zero-order valence-corrected chi connectivity index (χ0v) is 9.76. The van der Waals surface area contributed by atoms with Gasteiger partial charge in [-0.25, -0.2) is 0 Å². The Morgan fingerprint density at radius 2 is 2.18 bits per heavy atom. The highest BCUT2D eigenvalue weighted by molar-refractivity contribution is 5.62. The number of hydrogen-bond acceptors (Lipinski definition) is 4. The van der Waals surface area contributed by atoms with Crippen LogP contribution in [-0.2, 0) is 16.0 Å². The topological polar surface area (TPSA) is 59.1 Å². The third kappa shape index (κ3) is 3.84. The van der Waals surface area contributed by atoms with E-state index in [9.17, 15) is 9.90 Å². The van der Waals surface area contributed by atoms with E-state index in [0.717, 1.165) is 17.9 Å². The van der Waals surface area contributed by atoms with E-state index in [1.807, 2.05) is 24.3 Å². The van der Waals surface area contributed by atoms with Crippen LogP contribution in [0.2, 0.25) is 0 Å². The molecule has 0 spiro atoms. The van der Waals surface area contributed by atoms with Crippen molar-refractivity contribution in [3.05, 3.63) is 29.8 Å². The summed E-state index contributed by atoms with van der Waals surface area (Å²) in [7, 11) is 0. The standard InChI is InChI=1S/C13H16O4/c1-13(15,9-14)6-10-2-4-11(5-3-10)16-7-12-8-17-12/h2-5,9,12,15H,6-8H2,1H3. The summed E-state index contributed by atoms with van der Waals surface area (Å²) in [6.07, 6.45) is 1.11. The van der Waals surface area contributed by atoms with Crippen LogP contribution in [0.3, 0.4) is 0 Å². The third-order valence-corrected chi connectivity index (χ3v) is 2.58. The number of rotatable bonds is 6. The van der Waals surface area contributed by atoms with Gasteiger partial charge in [-0.05, 0) is 24.6 Å². The largest absolute Gasteiger partial charge is 0.491 e. The van der Waals surface area contributed by atoms with Gasteiger partial charge in [0, 0.05) is 6.42 Å². The number of epoxide rings is 1. The molecule has 4 nitrogen and oxygen atoms in total. The van der Waals surface area contributed by atoms with Gasteiger partial charge in [-0.3, -0.25) is 0 Å². The van der Waals surface area contributed by atoms with E-state index in [2.05, 4.69) is 0 Å². The summed E-state index contributed by atoms with van der Waals surface area (Å²) in [5.41, 5.74) is -0.401. The van der Waals surface area contributed by atoms with Crippen LogP contribution in [0, 0.1) is 0 Å². The molecule has 1 saturated heterocycles. The molecule has 2 atom stereocenters. The van der Waals surface area contributed by atoms with Gasteiger partial charge in [0.15, 0.2) is 6.29 Å². The predicted octanol–water partition coefficient (Wildman–Crippen LogP) is 0.957. The minimum atomic E-state index is -1.30. The first-order valence-electron chi connectivity index (χ1n) is 5.61. The minimum absolute atomic E-state index is 0.241. The van der Waals surface area contributed by atoms with E-state index in [1.165, 1.54) is 6.92 Å². The van der Waals surface area contributed by atoms with E-state index < -0.39 is 5.60 Å². The molecule has 0 aromatic heterocycles. The van der Waals surface area contributed by atoms with E-state index in [1.54, 1.807) is 0 Å². The number of benzene rings is 1. The molecule has 1 fully saturated rings. The van der Waals surface area contributed by atoms with Gasteiger partial charge in [-0.2, -0.15) is 0 Å². The van der Waals surface area contributed by atoms with Crippen molar-refractivity contribution in [1.29, 1.82) is 0 Å². The Morgan fingerprint density at radius 1 is 1.53 bits per heavy atom. The lowest BCUT2D eigenvalue weighted by Crippen LogP contribution is -2.28. The van der Waals surface area contributed by atoms with Crippen molar-refractivity contribution in [3.63, 3.8) is 0 Å². The van der Waals surface area contributed by atoms with E-state index in [-0.39, 0.29) is 6.10 Å². The van der Waals surface area contributed by atoms with E-state index in [4.69, 9.17) is 9.47 Å². The molecule has 0 saturated carbocycles. The molecule has 0 bridgehead atoms. The second-order valence-electron chi connectivity index (χ2n) is 4.56. The molecule has 0 aliphatic carbocycles. The van der Waals surface area contributed by atoms with Gasteiger partial charge >= 0.3 is 0 Å². The molecule has 92 valence electrons. The fraction of sp³-hybridized carbons (Fsp3) is 0.462. The molecule has 1 N–H and O–H groups in total. The predicted molar refractivity (Wildman–Crippen MR) is 62.1 cm³/mol. The number of aliphatic hydroxyl groups is 1. The van der Waals surface area contributed by atoms with Crippen molar-refractivity contribution in [2.24, 2.45) is 0 Å². The summed E-state index contributed by atoms with van der Waals surface area (Å²) >= 11 is 0. The van der Waals surface area contributed by atoms with Crippen molar-refractivity contribution in [2.75, 3.05) is 13.2 Å². The Bertz CT molecular complexity index is 379. The van der Waals surface area contributed by atoms with Gasteiger partial charge in [0.25, 0.3) is 0 Å². The SMILES string of the molecule is CC(O)(C=O)Cc1ccc(OCC2CO2)cc1. The molecular formula is C13H16O4. The van der Waals surface area contributed by atoms with Gasteiger partial charge in [-0.1, -0.05) is 12.1 Å². The maximum absolute atomic E-state index is 10.6. The van der Waals surface area contributed by atoms with Crippen molar-refractivity contribution in [2.45, 2.75) is 25.0 Å². The molecule has 1 heterocycles. The molecule has 1 aromatic rings. The Morgan fingerprint density at radius 3 is 2.71 bits per heavy atom. The lowest BCUT2D eigenvalue weighted by molar-refractivity contribution is -0.122. The molecule has 1 aliphatic rings. The second-order valence-corrected chi connectivity index (χ2v) is 4.56. The van der Waals surface area contributed by atoms with Gasteiger partial charge in [-0.15, -0.1) is 0 Å². The van der Waals surface area contributed by atoms with Crippen LogP contribution < -0.4 is 4.74 Å². The fourth-order valence-electron chi connectivity index (χ4n) is 1.51. The molecule has 4 heteroatoms. The zero-order chi connectivity index (χ0) is 12.3. The van der Waals surface area contributed by atoms with Crippen LogP contribution in [0.25, 0.3) is 0 Å². The maximum atomic E-state index is 10.6. The van der Waals surface area contributed by atoms with Crippen LogP contribution in [0.15, 0.2) is 24.3 Å². The summed E-state index contributed by atoms with van der Waals surface area (Å²) < 4.78 is 10.5. The minimum Gasteiger partial charge on any atom is -0.491 e. The molecule has 0 amide bonds. The maximum Gasteiger partial charge on any atom is 0.151 e. The molecular weight excluding hydrogens is 220 g/mol. The van der Waals surface area contributed by atoms with E-state index in [0.29, 0.717) is 19.3 Å². The van der Waals surface area contributed by atoms with Gasteiger partial charge in [0.1, 0.15) is 24.1 Å². The van der Waals surface area contributed by atoms with Crippen LogP contribution in [0.1, 0.15) is 12.5 Å². The van der Waals surface area contributed by atoms with Crippen molar-refractivity contribution in [1.82, 2.24) is 0 Å². The zero-order valence-electron chi connectivity index (χ0n) is 9.76. The van der Waals surface area contributed by atoms with Gasteiger partial charge in [0.05, 0.1) is 6.61 Å². The molecule has 1 aromatic carbocycles. The van der Waals surface area contributed by atoms with Crippen LogP contribution in [-0.4, -0.2) is 36.3 Å². The first-order chi connectivity index (χ1) is 8.09. The average molecular weight is 236 g/mol.